The standard InChI is InChI=1S/C5H9NO2/c1-2-5(8)4(6)3-7/h2,4,7H,1,3,6H2. The molecular formula is C5H9NO2. The highest BCUT2D eigenvalue weighted by molar-refractivity contribution is 5.93. The first-order valence-corrected chi connectivity index (χ1v) is 2.25. The van der Waals surface area contributed by atoms with E-state index >= 15 is 0 Å². The summed E-state index contributed by atoms with van der Waals surface area (Å²) in [5.41, 5.74) is 5.06. The predicted octanol–water partition coefficient (Wildman–Crippen LogP) is -0.939. The van der Waals surface area contributed by atoms with Crippen LogP contribution in [0.25, 0.3) is 0 Å². The normalized spacial score (nSPS) is 12.8. The van der Waals surface area contributed by atoms with Crippen molar-refractivity contribution in [2.24, 2.45) is 5.73 Å². The van der Waals surface area contributed by atoms with E-state index in [1.54, 1.807) is 0 Å². The highest BCUT2D eigenvalue weighted by Crippen LogP contribution is 1.78. The summed E-state index contributed by atoms with van der Waals surface area (Å²) in [6, 6.07) is -0.785. The highest BCUT2D eigenvalue weighted by Gasteiger charge is 2.05. The lowest BCUT2D eigenvalue weighted by Gasteiger charge is -1.99. The molecule has 0 spiro atoms. The van der Waals surface area contributed by atoms with Gasteiger partial charge in [-0.25, -0.2) is 0 Å². The van der Waals surface area contributed by atoms with E-state index in [9.17, 15) is 4.79 Å². The number of rotatable bonds is 3. The minimum Gasteiger partial charge on any atom is -0.394 e. The highest BCUT2D eigenvalue weighted by atomic mass is 16.3. The summed E-state index contributed by atoms with van der Waals surface area (Å²) < 4.78 is 0. The van der Waals surface area contributed by atoms with Gasteiger partial charge >= 0.3 is 0 Å². The number of aliphatic hydroxyl groups is 1. The van der Waals surface area contributed by atoms with Crippen LogP contribution in [0, 0.1) is 0 Å². The van der Waals surface area contributed by atoms with Crippen molar-refractivity contribution in [3.05, 3.63) is 12.7 Å². The van der Waals surface area contributed by atoms with Gasteiger partial charge in [-0.1, -0.05) is 6.58 Å². The van der Waals surface area contributed by atoms with E-state index in [-0.39, 0.29) is 12.4 Å². The number of aliphatic hydroxyl groups excluding tert-OH is 1. The molecule has 3 heteroatoms. The lowest BCUT2D eigenvalue weighted by molar-refractivity contribution is -0.116. The molecule has 0 aromatic carbocycles. The Morgan fingerprint density at radius 1 is 2.00 bits per heavy atom. The summed E-state index contributed by atoms with van der Waals surface area (Å²) in [6.45, 7) is 2.87. The van der Waals surface area contributed by atoms with E-state index in [0.29, 0.717) is 0 Å². The summed E-state index contributed by atoms with van der Waals surface area (Å²) in [6.07, 6.45) is 1.10. The second-order valence-corrected chi connectivity index (χ2v) is 1.40. The molecule has 0 aromatic rings. The Kier molecular flexibility index (Phi) is 3.07. The number of ketones is 1. The molecule has 0 rings (SSSR count). The summed E-state index contributed by atoms with van der Waals surface area (Å²) in [4.78, 5) is 10.3. The van der Waals surface area contributed by atoms with Crippen LogP contribution in [0.2, 0.25) is 0 Å². The average molecular weight is 115 g/mol. The lowest BCUT2D eigenvalue weighted by atomic mass is 10.2. The Labute approximate surface area is 47.8 Å². The van der Waals surface area contributed by atoms with Gasteiger partial charge in [0.25, 0.3) is 0 Å². The number of nitrogens with two attached hydrogens (primary N) is 1. The molecule has 0 bridgehead atoms. The number of hydrogen-bond donors (Lipinski definition) is 2. The zero-order chi connectivity index (χ0) is 6.57. The molecular weight excluding hydrogens is 106 g/mol. The number of carbonyl (C=O) groups excluding carboxylic acids is 1. The summed E-state index contributed by atoms with van der Waals surface area (Å²) in [5, 5.41) is 8.24. The smallest absolute Gasteiger partial charge is 0.174 e. The SMILES string of the molecule is C=CC(=O)C(N)CO. The Hall–Kier alpha value is -0.670. The van der Waals surface area contributed by atoms with Gasteiger partial charge in [0.05, 0.1) is 12.6 Å². The van der Waals surface area contributed by atoms with Gasteiger partial charge in [-0.2, -0.15) is 0 Å². The molecule has 0 saturated heterocycles. The predicted molar refractivity (Wildman–Crippen MR) is 30.3 cm³/mol. The molecule has 46 valence electrons. The summed E-state index contributed by atoms with van der Waals surface area (Å²) in [5.74, 6) is -0.326. The molecule has 1 atom stereocenters. The van der Waals surface area contributed by atoms with Gasteiger partial charge < -0.3 is 10.8 Å². The fourth-order valence-corrected chi connectivity index (χ4v) is 0.241. The molecule has 0 aliphatic carbocycles. The van der Waals surface area contributed by atoms with Gasteiger partial charge in [0.1, 0.15) is 0 Å². The average Bonchev–Trinajstić information content (AvgIpc) is 1.84. The van der Waals surface area contributed by atoms with Gasteiger partial charge in [0, 0.05) is 0 Å². The Bertz CT molecular complexity index is 101. The molecule has 0 radical (unpaired) electrons. The molecule has 0 amide bonds. The van der Waals surface area contributed by atoms with Crippen LogP contribution in [0.15, 0.2) is 12.7 Å². The van der Waals surface area contributed by atoms with E-state index in [0.717, 1.165) is 6.08 Å². The van der Waals surface area contributed by atoms with Crippen molar-refractivity contribution in [2.75, 3.05) is 6.61 Å². The third kappa shape index (κ3) is 1.86. The van der Waals surface area contributed by atoms with Crippen molar-refractivity contribution in [3.8, 4) is 0 Å². The van der Waals surface area contributed by atoms with Crippen LogP contribution in [0.4, 0.5) is 0 Å². The van der Waals surface area contributed by atoms with Gasteiger partial charge in [-0.05, 0) is 6.08 Å². The fraction of sp³-hybridized carbons (Fsp3) is 0.400. The molecule has 0 aliphatic rings. The van der Waals surface area contributed by atoms with Crippen molar-refractivity contribution in [1.29, 1.82) is 0 Å². The molecule has 0 aliphatic heterocycles. The van der Waals surface area contributed by atoms with Crippen molar-refractivity contribution in [1.82, 2.24) is 0 Å². The van der Waals surface area contributed by atoms with Gasteiger partial charge in [-0.15, -0.1) is 0 Å². The third-order valence-corrected chi connectivity index (χ3v) is 0.763. The van der Waals surface area contributed by atoms with E-state index in [2.05, 4.69) is 6.58 Å². The second kappa shape index (κ2) is 3.35. The third-order valence-electron chi connectivity index (χ3n) is 0.763. The van der Waals surface area contributed by atoms with E-state index in [4.69, 9.17) is 10.8 Å². The number of hydrogen-bond acceptors (Lipinski definition) is 3. The monoisotopic (exact) mass is 115 g/mol. The van der Waals surface area contributed by atoms with E-state index in [1.165, 1.54) is 0 Å². The molecule has 1 unspecified atom stereocenters. The molecule has 8 heavy (non-hydrogen) atoms. The maximum atomic E-state index is 10.3. The summed E-state index contributed by atoms with van der Waals surface area (Å²) >= 11 is 0. The van der Waals surface area contributed by atoms with Crippen LogP contribution in [0.3, 0.4) is 0 Å². The van der Waals surface area contributed by atoms with Crippen LogP contribution in [-0.4, -0.2) is 23.5 Å². The topological polar surface area (TPSA) is 63.3 Å². The van der Waals surface area contributed by atoms with Crippen LogP contribution in [0.5, 0.6) is 0 Å². The maximum Gasteiger partial charge on any atom is 0.174 e. The van der Waals surface area contributed by atoms with Gasteiger partial charge in [0.2, 0.25) is 0 Å². The molecule has 0 heterocycles. The minimum absolute atomic E-state index is 0.315. The maximum absolute atomic E-state index is 10.3. The molecule has 3 nitrogen and oxygen atoms in total. The van der Waals surface area contributed by atoms with Crippen LogP contribution < -0.4 is 5.73 Å². The van der Waals surface area contributed by atoms with Crippen LogP contribution in [-0.2, 0) is 4.79 Å². The van der Waals surface area contributed by atoms with Gasteiger partial charge in [0.15, 0.2) is 5.78 Å². The van der Waals surface area contributed by atoms with Crippen molar-refractivity contribution < 1.29 is 9.90 Å². The van der Waals surface area contributed by atoms with Crippen LogP contribution >= 0.6 is 0 Å². The van der Waals surface area contributed by atoms with E-state index < -0.39 is 6.04 Å². The van der Waals surface area contributed by atoms with Crippen molar-refractivity contribution >= 4 is 5.78 Å². The zero-order valence-electron chi connectivity index (χ0n) is 4.50. The molecule has 0 saturated carbocycles. The summed E-state index contributed by atoms with van der Waals surface area (Å²) in [7, 11) is 0. The molecule has 0 aromatic heterocycles. The first-order valence-electron chi connectivity index (χ1n) is 2.25. The largest absolute Gasteiger partial charge is 0.394 e. The molecule has 3 N–H and O–H groups in total. The minimum atomic E-state index is -0.785. The second-order valence-electron chi connectivity index (χ2n) is 1.40. The molecule has 0 fully saturated rings. The van der Waals surface area contributed by atoms with Crippen LogP contribution in [0.1, 0.15) is 0 Å². The Morgan fingerprint density at radius 2 is 2.50 bits per heavy atom. The Morgan fingerprint density at radius 3 is 2.62 bits per heavy atom. The Balaban J connectivity index is 3.62. The first kappa shape index (κ1) is 7.33. The van der Waals surface area contributed by atoms with Crippen molar-refractivity contribution in [3.63, 3.8) is 0 Å². The fourth-order valence-electron chi connectivity index (χ4n) is 0.241. The van der Waals surface area contributed by atoms with Crippen molar-refractivity contribution in [2.45, 2.75) is 6.04 Å². The van der Waals surface area contributed by atoms with Gasteiger partial charge in [-0.3, -0.25) is 4.79 Å². The lowest BCUT2D eigenvalue weighted by Crippen LogP contribution is -2.32. The first-order chi connectivity index (χ1) is 3.72. The zero-order valence-corrected chi connectivity index (χ0v) is 4.50. The number of carbonyl (C=O) groups is 1. The quantitative estimate of drug-likeness (QED) is 0.467. The van der Waals surface area contributed by atoms with E-state index in [1.807, 2.05) is 0 Å².